The van der Waals surface area contributed by atoms with Gasteiger partial charge < -0.3 is 9.84 Å². The second-order valence-electron chi connectivity index (χ2n) is 3.73. The Labute approximate surface area is 108 Å². The van der Waals surface area contributed by atoms with Crippen LogP contribution in [0.4, 0.5) is 0 Å². The van der Waals surface area contributed by atoms with Gasteiger partial charge in [0.15, 0.2) is 0 Å². The van der Waals surface area contributed by atoms with E-state index in [0.717, 1.165) is 5.56 Å². The average Bonchev–Trinajstić information content (AvgIpc) is 2.27. The zero-order valence-electron chi connectivity index (χ0n) is 10.0. The maximum absolute atomic E-state index is 11.6. The molecule has 17 heavy (non-hydrogen) atoms. The fourth-order valence-corrected chi connectivity index (χ4v) is 2.43. The quantitative estimate of drug-likeness (QED) is 0.688. The number of hydrogen-bond donors (Lipinski definition) is 1. The summed E-state index contributed by atoms with van der Waals surface area (Å²) >= 11 is 3.32. The van der Waals surface area contributed by atoms with Crippen LogP contribution in [0.15, 0.2) is 4.47 Å². The molecule has 1 N–H and O–H groups in total. The first kappa shape index (κ1) is 13.7. The van der Waals surface area contributed by atoms with Gasteiger partial charge in [-0.2, -0.15) is 0 Å². The van der Waals surface area contributed by atoms with Crippen LogP contribution in [0.25, 0.3) is 0 Å². The molecule has 0 unspecified atom stereocenters. The minimum atomic E-state index is -1.45. The molecule has 1 aromatic rings. The van der Waals surface area contributed by atoms with Crippen LogP contribution in [0, 0.1) is 20.8 Å². The van der Waals surface area contributed by atoms with E-state index in [1.54, 1.807) is 20.8 Å². The molecule has 0 atom stereocenters. The summed E-state index contributed by atoms with van der Waals surface area (Å²) in [6.07, 6.45) is 0. The molecule has 92 valence electrons. The highest BCUT2D eigenvalue weighted by atomic mass is 79.9. The first-order chi connectivity index (χ1) is 7.82. The molecule has 1 aromatic carbocycles. The Balaban J connectivity index is 3.65. The summed E-state index contributed by atoms with van der Waals surface area (Å²) in [6.45, 7) is 5.19. The third-order valence-electron chi connectivity index (χ3n) is 2.81. The van der Waals surface area contributed by atoms with Gasteiger partial charge in [0.05, 0.1) is 11.6 Å². The van der Waals surface area contributed by atoms with Crippen LogP contribution in [-0.4, -0.2) is 24.0 Å². The Morgan fingerprint density at radius 2 is 1.65 bits per heavy atom. The van der Waals surface area contributed by atoms with E-state index in [2.05, 4.69) is 15.9 Å². The molecule has 0 aliphatic rings. The lowest BCUT2D eigenvalue weighted by Crippen LogP contribution is -2.17. The van der Waals surface area contributed by atoms with Gasteiger partial charge in [-0.3, -0.25) is 4.79 Å². The lowest BCUT2D eigenvalue weighted by Gasteiger charge is -2.16. The van der Waals surface area contributed by atoms with E-state index in [9.17, 15) is 9.59 Å². The number of carboxylic acid groups (broad SMARTS) is 1. The number of benzene rings is 1. The van der Waals surface area contributed by atoms with Gasteiger partial charge in [0.1, 0.15) is 5.75 Å². The minimum Gasteiger partial charge on any atom is -0.495 e. The molecule has 0 amide bonds. The molecule has 4 nitrogen and oxygen atoms in total. The average molecular weight is 301 g/mol. The Hall–Kier alpha value is -1.36. The van der Waals surface area contributed by atoms with E-state index in [4.69, 9.17) is 9.84 Å². The fourth-order valence-electron chi connectivity index (χ4n) is 1.77. The maximum atomic E-state index is 11.6. The highest BCUT2D eigenvalue weighted by molar-refractivity contribution is 9.10. The van der Waals surface area contributed by atoms with Crippen molar-refractivity contribution in [1.82, 2.24) is 0 Å². The van der Waals surface area contributed by atoms with Crippen LogP contribution < -0.4 is 4.74 Å². The second-order valence-corrected chi connectivity index (χ2v) is 4.52. The van der Waals surface area contributed by atoms with Crippen molar-refractivity contribution >= 4 is 27.7 Å². The highest BCUT2D eigenvalue weighted by Gasteiger charge is 2.24. The SMILES string of the molecule is COc1c(C)c(C)c(C(=O)C(=O)O)c(C)c1Br. The summed E-state index contributed by atoms with van der Waals surface area (Å²) in [6, 6.07) is 0. The Bertz CT molecular complexity index is 477. The van der Waals surface area contributed by atoms with E-state index in [1.807, 2.05) is 0 Å². The summed E-state index contributed by atoms with van der Waals surface area (Å²) < 4.78 is 5.85. The summed E-state index contributed by atoms with van der Waals surface area (Å²) in [5.74, 6) is -1.72. The number of ketones is 1. The molecule has 1 rings (SSSR count). The number of carboxylic acids is 1. The van der Waals surface area contributed by atoms with E-state index in [0.29, 0.717) is 21.3 Å². The Morgan fingerprint density at radius 3 is 2.06 bits per heavy atom. The molecule has 0 aliphatic heterocycles. The third-order valence-corrected chi connectivity index (χ3v) is 3.76. The number of carbonyl (C=O) groups excluding carboxylic acids is 1. The number of ether oxygens (including phenoxy) is 1. The van der Waals surface area contributed by atoms with Crippen molar-refractivity contribution in [2.24, 2.45) is 0 Å². The normalized spacial score (nSPS) is 10.2. The fraction of sp³-hybridized carbons (Fsp3) is 0.333. The third kappa shape index (κ3) is 2.20. The number of hydrogen-bond acceptors (Lipinski definition) is 3. The van der Waals surface area contributed by atoms with E-state index in [-0.39, 0.29) is 5.56 Å². The van der Waals surface area contributed by atoms with Crippen LogP contribution in [0.1, 0.15) is 27.0 Å². The number of Topliss-reactive ketones (excluding diaryl/α,β-unsaturated/α-hetero) is 1. The number of carbonyl (C=O) groups is 2. The van der Waals surface area contributed by atoms with Crippen molar-refractivity contribution in [2.75, 3.05) is 7.11 Å². The molecular weight excluding hydrogens is 288 g/mol. The summed E-state index contributed by atoms with van der Waals surface area (Å²) in [5.41, 5.74) is 2.20. The van der Waals surface area contributed by atoms with E-state index >= 15 is 0 Å². The molecule has 0 radical (unpaired) electrons. The molecule has 0 bridgehead atoms. The standard InChI is InChI=1S/C12H13BrO4/c1-5-6(2)11(17-4)9(13)7(3)8(5)10(14)12(15)16/h1-4H3,(H,15,16). The highest BCUT2D eigenvalue weighted by Crippen LogP contribution is 2.37. The number of methoxy groups -OCH3 is 1. The van der Waals surface area contributed by atoms with Gasteiger partial charge >= 0.3 is 5.97 Å². The first-order valence-electron chi connectivity index (χ1n) is 4.93. The van der Waals surface area contributed by atoms with Crippen LogP contribution in [-0.2, 0) is 4.79 Å². The van der Waals surface area contributed by atoms with E-state index in [1.165, 1.54) is 7.11 Å². The van der Waals surface area contributed by atoms with E-state index < -0.39 is 11.8 Å². The Morgan fingerprint density at radius 1 is 1.12 bits per heavy atom. The largest absolute Gasteiger partial charge is 0.495 e. The van der Waals surface area contributed by atoms with Crippen molar-refractivity contribution in [3.63, 3.8) is 0 Å². The predicted molar refractivity (Wildman–Crippen MR) is 66.9 cm³/mol. The molecule has 0 aromatic heterocycles. The van der Waals surface area contributed by atoms with Crippen molar-refractivity contribution in [1.29, 1.82) is 0 Å². The zero-order valence-corrected chi connectivity index (χ0v) is 11.6. The Kier molecular flexibility index (Phi) is 3.93. The van der Waals surface area contributed by atoms with Gasteiger partial charge in [-0.25, -0.2) is 4.79 Å². The molecule has 0 fully saturated rings. The van der Waals surface area contributed by atoms with Crippen LogP contribution in [0.2, 0.25) is 0 Å². The van der Waals surface area contributed by atoms with Gasteiger partial charge in [-0.1, -0.05) is 0 Å². The summed E-state index contributed by atoms with van der Waals surface area (Å²) in [4.78, 5) is 22.4. The molecule has 0 saturated heterocycles. The lowest BCUT2D eigenvalue weighted by molar-refractivity contribution is -0.131. The van der Waals surface area contributed by atoms with Crippen molar-refractivity contribution in [3.05, 3.63) is 26.7 Å². The van der Waals surface area contributed by atoms with Crippen molar-refractivity contribution in [2.45, 2.75) is 20.8 Å². The number of halogens is 1. The van der Waals surface area contributed by atoms with Crippen LogP contribution in [0.5, 0.6) is 5.75 Å². The summed E-state index contributed by atoms with van der Waals surface area (Å²) in [5, 5.41) is 8.80. The van der Waals surface area contributed by atoms with Gasteiger partial charge in [0, 0.05) is 5.56 Å². The van der Waals surface area contributed by atoms with Crippen molar-refractivity contribution < 1.29 is 19.4 Å². The molecular formula is C12H13BrO4. The topological polar surface area (TPSA) is 63.6 Å². The van der Waals surface area contributed by atoms with Gasteiger partial charge in [-0.05, 0) is 53.4 Å². The second kappa shape index (κ2) is 4.87. The van der Waals surface area contributed by atoms with Crippen LogP contribution >= 0.6 is 15.9 Å². The predicted octanol–water partition coefficient (Wildman–Crippen LogP) is 2.65. The zero-order chi connectivity index (χ0) is 13.3. The van der Waals surface area contributed by atoms with Gasteiger partial charge in [0.2, 0.25) is 0 Å². The van der Waals surface area contributed by atoms with Crippen molar-refractivity contribution in [3.8, 4) is 5.75 Å². The lowest BCUT2D eigenvalue weighted by atomic mass is 9.94. The summed E-state index contributed by atoms with van der Waals surface area (Å²) in [7, 11) is 1.53. The van der Waals surface area contributed by atoms with Gasteiger partial charge in [0.25, 0.3) is 5.78 Å². The molecule has 0 saturated carbocycles. The number of rotatable bonds is 3. The molecule has 5 heteroatoms. The number of aliphatic carboxylic acids is 1. The maximum Gasteiger partial charge on any atom is 0.377 e. The van der Waals surface area contributed by atoms with Gasteiger partial charge in [-0.15, -0.1) is 0 Å². The monoisotopic (exact) mass is 300 g/mol. The van der Waals surface area contributed by atoms with Crippen LogP contribution in [0.3, 0.4) is 0 Å². The minimum absolute atomic E-state index is 0.225. The molecule has 0 heterocycles. The molecule has 0 aliphatic carbocycles. The molecule has 0 spiro atoms. The first-order valence-corrected chi connectivity index (χ1v) is 5.73. The smallest absolute Gasteiger partial charge is 0.377 e.